The molecule has 1 aliphatic heterocycles. The molecule has 0 spiro atoms. The van der Waals surface area contributed by atoms with Crippen molar-refractivity contribution in [3.05, 3.63) is 66.0 Å². The van der Waals surface area contributed by atoms with E-state index >= 15 is 0 Å². The number of hydrogen-bond acceptors (Lipinski definition) is 4. The van der Waals surface area contributed by atoms with Crippen molar-refractivity contribution in [2.75, 3.05) is 13.1 Å². The molecule has 1 aliphatic rings. The molecular formula is C17H18FNO4S2. The van der Waals surface area contributed by atoms with Crippen LogP contribution < -0.4 is 0 Å². The topological polar surface area (TPSA) is 71.5 Å². The molecule has 8 heteroatoms. The maximum absolute atomic E-state index is 13.2. The number of sulfonamides is 1. The van der Waals surface area contributed by atoms with Crippen molar-refractivity contribution in [2.24, 2.45) is 0 Å². The third-order valence-corrected chi connectivity index (χ3v) is 8.26. The van der Waals surface area contributed by atoms with Crippen LogP contribution in [-0.4, -0.2) is 39.5 Å². The van der Waals surface area contributed by atoms with Gasteiger partial charge >= 0.3 is 0 Å². The van der Waals surface area contributed by atoms with Crippen molar-refractivity contribution < 1.29 is 21.2 Å². The third-order valence-electron chi connectivity index (χ3n) is 4.25. The van der Waals surface area contributed by atoms with Crippen LogP contribution >= 0.6 is 0 Å². The summed E-state index contributed by atoms with van der Waals surface area (Å²) in [6, 6.07) is 13.4. The minimum Gasteiger partial charge on any atom is -0.223 e. The van der Waals surface area contributed by atoms with Gasteiger partial charge in [-0.2, -0.15) is 0 Å². The second-order valence-electron chi connectivity index (χ2n) is 6.01. The van der Waals surface area contributed by atoms with Crippen LogP contribution in [0.2, 0.25) is 0 Å². The smallest absolute Gasteiger partial charge is 0.218 e. The van der Waals surface area contributed by atoms with Crippen LogP contribution in [0.25, 0.3) is 0 Å². The molecule has 0 radical (unpaired) electrons. The quantitative estimate of drug-likeness (QED) is 0.794. The molecule has 0 N–H and O–H groups in total. The van der Waals surface area contributed by atoms with Crippen LogP contribution in [-0.2, 0) is 25.6 Å². The molecule has 0 bridgehead atoms. The minimum absolute atomic E-state index is 0.0745. The predicted molar refractivity (Wildman–Crippen MR) is 92.6 cm³/mol. The number of sulfone groups is 1. The van der Waals surface area contributed by atoms with E-state index in [1.54, 1.807) is 18.2 Å². The lowest BCUT2D eigenvalue weighted by atomic mass is 10.2. The van der Waals surface area contributed by atoms with E-state index in [-0.39, 0.29) is 30.2 Å². The molecule has 0 unspecified atom stereocenters. The van der Waals surface area contributed by atoms with Gasteiger partial charge in [0.2, 0.25) is 10.0 Å². The van der Waals surface area contributed by atoms with Crippen LogP contribution in [0.3, 0.4) is 0 Å². The largest absolute Gasteiger partial charge is 0.223 e. The zero-order valence-electron chi connectivity index (χ0n) is 13.4. The molecule has 2 aromatic rings. The van der Waals surface area contributed by atoms with Crippen molar-refractivity contribution in [1.82, 2.24) is 4.31 Å². The summed E-state index contributed by atoms with van der Waals surface area (Å²) in [5.74, 6) is -0.846. The van der Waals surface area contributed by atoms with Crippen LogP contribution in [0.5, 0.6) is 0 Å². The Morgan fingerprint density at radius 1 is 1.00 bits per heavy atom. The minimum atomic E-state index is -3.70. The third kappa shape index (κ3) is 3.91. The molecular weight excluding hydrogens is 365 g/mol. The van der Waals surface area contributed by atoms with Gasteiger partial charge in [0.1, 0.15) is 5.82 Å². The van der Waals surface area contributed by atoms with Gasteiger partial charge < -0.3 is 0 Å². The van der Waals surface area contributed by atoms with Crippen LogP contribution in [0, 0.1) is 5.82 Å². The van der Waals surface area contributed by atoms with Crippen molar-refractivity contribution in [1.29, 1.82) is 0 Å². The SMILES string of the molecule is O=S(=O)(c1ccccc1)[C@@H]1CCN(S(=O)(=O)Cc2cccc(F)c2)C1. The van der Waals surface area contributed by atoms with Gasteiger partial charge in [0.15, 0.2) is 9.84 Å². The number of benzene rings is 2. The highest BCUT2D eigenvalue weighted by Gasteiger charge is 2.38. The van der Waals surface area contributed by atoms with E-state index in [0.29, 0.717) is 5.56 Å². The van der Waals surface area contributed by atoms with Gasteiger partial charge in [-0.1, -0.05) is 30.3 Å². The Morgan fingerprint density at radius 3 is 2.40 bits per heavy atom. The van der Waals surface area contributed by atoms with Gasteiger partial charge in [-0.3, -0.25) is 0 Å². The van der Waals surface area contributed by atoms with E-state index in [0.717, 1.165) is 0 Å². The molecule has 0 aliphatic carbocycles. The molecule has 0 saturated carbocycles. The number of rotatable bonds is 5. The fraction of sp³-hybridized carbons (Fsp3) is 0.294. The van der Waals surface area contributed by atoms with Crippen molar-refractivity contribution in [3.63, 3.8) is 0 Å². The van der Waals surface area contributed by atoms with Crippen LogP contribution in [0.15, 0.2) is 59.5 Å². The Morgan fingerprint density at radius 2 is 1.72 bits per heavy atom. The van der Waals surface area contributed by atoms with Crippen LogP contribution in [0.1, 0.15) is 12.0 Å². The zero-order chi connectivity index (χ0) is 18.1. The molecule has 3 rings (SSSR count). The van der Waals surface area contributed by atoms with E-state index < -0.39 is 30.9 Å². The van der Waals surface area contributed by atoms with E-state index in [1.165, 1.54) is 40.7 Å². The van der Waals surface area contributed by atoms with Gasteiger partial charge in [-0.05, 0) is 36.2 Å². The predicted octanol–water partition coefficient (Wildman–Crippen LogP) is 2.20. The Balaban J connectivity index is 1.76. The number of nitrogens with zero attached hydrogens (tertiary/aromatic N) is 1. The molecule has 1 fully saturated rings. The average Bonchev–Trinajstić information content (AvgIpc) is 3.07. The lowest BCUT2D eigenvalue weighted by Crippen LogP contribution is -2.32. The molecule has 134 valence electrons. The lowest BCUT2D eigenvalue weighted by molar-refractivity contribution is 0.475. The Labute approximate surface area is 147 Å². The van der Waals surface area contributed by atoms with Gasteiger partial charge in [-0.25, -0.2) is 25.5 Å². The molecule has 25 heavy (non-hydrogen) atoms. The Hall–Kier alpha value is -1.77. The van der Waals surface area contributed by atoms with Crippen LogP contribution in [0.4, 0.5) is 4.39 Å². The molecule has 1 atom stereocenters. The summed E-state index contributed by atoms with van der Waals surface area (Å²) in [4.78, 5) is 0.198. The first-order valence-electron chi connectivity index (χ1n) is 7.80. The normalized spacial score (nSPS) is 19.2. The lowest BCUT2D eigenvalue weighted by Gasteiger charge is -2.17. The second-order valence-corrected chi connectivity index (χ2v) is 10.2. The van der Waals surface area contributed by atoms with Gasteiger partial charge in [-0.15, -0.1) is 0 Å². The van der Waals surface area contributed by atoms with E-state index in [4.69, 9.17) is 0 Å². The number of halogens is 1. The highest BCUT2D eigenvalue weighted by Crippen LogP contribution is 2.26. The average molecular weight is 383 g/mol. The van der Waals surface area contributed by atoms with Crippen molar-refractivity contribution >= 4 is 19.9 Å². The molecule has 5 nitrogen and oxygen atoms in total. The summed E-state index contributed by atoms with van der Waals surface area (Å²) >= 11 is 0. The zero-order valence-corrected chi connectivity index (χ0v) is 15.0. The Kier molecular flexibility index (Phi) is 4.95. The maximum Gasteiger partial charge on any atom is 0.218 e. The fourth-order valence-corrected chi connectivity index (χ4v) is 6.32. The summed E-state index contributed by atoms with van der Waals surface area (Å²) in [7, 11) is -7.28. The Bertz CT molecular complexity index is 959. The summed E-state index contributed by atoms with van der Waals surface area (Å²) < 4.78 is 64.8. The number of hydrogen-bond donors (Lipinski definition) is 0. The fourth-order valence-electron chi connectivity index (χ4n) is 2.93. The standard InChI is InChI=1S/C17H18FNO4S2/c18-15-6-4-5-14(11-15)13-24(20,21)19-10-9-17(12-19)25(22,23)16-7-2-1-3-8-16/h1-8,11,17H,9-10,12-13H2/t17-/m1/s1. The van der Waals surface area contributed by atoms with E-state index in [2.05, 4.69) is 0 Å². The summed E-state index contributed by atoms with van der Waals surface area (Å²) in [5.41, 5.74) is 0.342. The summed E-state index contributed by atoms with van der Waals surface area (Å²) in [6.07, 6.45) is 0.250. The highest BCUT2D eigenvalue weighted by molar-refractivity contribution is 7.92. The van der Waals surface area contributed by atoms with E-state index in [9.17, 15) is 21.2 Å². The highest BCUT2D eigenvalue weighted by atomic mass is 32.2. The molecule has 0 amide bonds. The van der Waals surface area contributed by atoms with Crippen molar-refractivity contribution in [3.8, 4) is 0 Å². The summed E-state index contributed by atoms with van der Waals surface area (Å²) in [6.45, 7) is 0.0727. The molecule has 1 saturated heterocycles. The first-order chi connectivity index (χ1) is 11.8. The second kappa shape index (κ2) is 6.86. The maximum atomic E-state index is 13.2. The van der Waals surface area contributed by atoms with Crippen molar-refractivity contribution in [2.45, 2.75) is 22.3 Å². The molecule has 0 aromatic heterocycles. The van der Waals surface area contributed by atoms with Gasteiger partial charge in [0.25, 0.3) is 0 Å². The monoisotopic (exact) mass is 383 g/mol. The van der Waals surface area contributed by atoms with Gasteiger partial charge in [0.05, 0.1) is 15.9 Å². The van der Waals surface area contributed by atoms with E-state index in [1.807, 2.05) is 0 Å². The first-order valence-corrected chi connectivity index (χ1v) is 11.0. The van der Waals surface area contributed by atoms with Gasteiger partial charge in [0, 0.05) is 13.1 Å². The summed E-state index contributed by atoms with van der Waals surface area (Å²) in [5, 5.41) is -0.766. The molecule has 2 aromatic carbocycles. The first kappa shape index (κ1) is 18.0. The molecule has 1 heterocycles.